The van der Waals surface area contributed by atoms with Gasteiger partial charge in [0.2, 0.25) is 17.7 Å². The van der Waals surface area contributed by atoms with Crippen molar-refractivity contribution in [2.24, 2.45) is 0 Å². The second-order valence-electron chi connectivity index (χ2n) is 16.3. The van der Waals surface area contributed by atoms with Crippen LogP contribution in [0.2, 0.25) is 0 Å². The number of pyridine rings is 2. The third-order valence-electron chi connectivity index (χ3n) is 9.67. The SMILES string of the molecule is Cc1ccnc(Oc2ccc(C(C)(C)C)c(Oc3ccc4c5ccc(Oc6cc(Oc7cc(C)ccn7)ccc6C(C)(C)C)cc5n(-c5ncccn5)c4c3)c2)c1. The molecule has 4 aromatic heterocycles. The van der Waals surface area contributed by atoms with Crippen LogP contribution in [0.5, 0.6) is 46.3 Å². The molecule has 0 aliphatic heterocycles. The van der Waals surface area contributed by atoms with Gasteiger partial charge in [0.1, 0.15) is 34.5 Å². The second kappa shape index (κ2) is 14.7. The first-order valence-corrected chi connectivity index (χ1v) is 19.0. The summed E-state index contributed by atoms with van der Waals surface area (Å²) in [6.45, 7) is 17.0. The molecule has 8 aromatic rings. The van der Waals surface area contributed by atoms with E-state index in [1.54, 1.807) is 24.8 Å². The van der Waals surface area contributed by atoms with E-state index in [0.717, 1.165) is 44.1 Å². The Labute approximate surface area is 332 Å². The van der Waals surface area contributed by atoms with Gasteiger partial charge in [0, 0.05) is 83.1 Å². The fraction of sp³-hybridized carbons (Fsp3) is 0.208. The van der Waals surface area contributed by atoms with E-state index in [0.29, 0.717) is 52.2 Å². The molecule has 4 aromatic carbocycles. The van der Waals surface area contributed by atoms with Gasteiger partial charge in [-0.1, -0.05) is 53.7 Å². The van der Waals surface area contributed by atoms with Crippen LogP contribution >= 0.6 is 0 Å². The Bertz CT molecular complexity index is 2580. The predicted molar refractivity (Wildman–Crippen MR) is 225 cm³/mol. The standard InChI is InChI=1S/C48H45N5O4/c1-30-18-22-49-44(24-30)56-34-12-16-38(47(3,4)5)42(28-34)54-32-10-14-36-37-15-11-33(27-41(37)53(40(36)26-32)46-51-20-9-21-52-46)55-43-29-35(13-17-39(43)48(6,7)8)57-45-25-31(2)19-23-50-45/h9-29H,1-8H3. The lowest BCUT2D eigenvalue weighted by Crippen LogP contribution is -2.12. The third-order valence-corrected chi connectivity index (χ3v) is 9.67. The van der Waals surface area contributed by atoms with Crippen LogP contribution in [0.3, 0.4) is 0 Å². The minimum absolute atomic E-state index is 0.196. The quantitative estimate of drug-likeness (QED) is 0.144. The lowest BCUT2D eigenvalue weighted by atomic mass is 9.86. The molecule has 286 valence electrons. The monoisotopic (exact) mass is 755 g/mol. The summed E-state index contributed by atoms with van der Waals surface area (Å²) in [7, 11) is 0. The maximum Gasteiger partial charge on any atom is 0.234 e. The fourth-order valence-corrected chi connectivity index (χ4v) is 6.89. The molecule has 0 unspecified atom stereocenters. The van der Waals surface area contributed by atoms with E-state index in [4.69, 9.17) is 18.9 Å². The van der Waals surface area contributed by atoms with Gasteiger partial charge in [-0.05, 0) is 90.4 Å². The number of fused-ring (bicyclic) bond motifs is 3. The Balaban J connectivity index is 1.20. The largest absolute Gasteiger partial charge is 0.457 e. The lowest BCUT2D eigenvalue weighted by Gasteiger charge is -2.23. The summed E-state index contributed by atoms with van der Waals surface area (Å²) in [6, 6.07) is 33.6. The van der Waals surface area contributed by atoms with E-state index in [2.05, 4.69) is 85.7 Å². The highest BCUT2D eigenvalue weighted by Crippen LogP contribution is 2.42. The van der Waals surface area contributed by atoms with E-state index in [-0.39, 0.29) is 10.8 Å². The molecule has 0 saturated heterocycles. The highest BCUT2D eigenvalue weighted by atomic mass is 16.5. The van der Waals surface area contributed by atoms with Crippen LogP contribution in [0, 0.1) is 13.8 Å². The molecule has 4 heterocycles. The number of aryl methyl sites for hydroxylation is 2. The molecule has 9 nitrogen and oxygen atoms in total. The zero-order valence-electron chi connectivity index (χ0n) is 33.5. The van der Waals surface area contributed by atoms with E-state index >= 15 is 0 Å². The highest BCUT2D eigenvalue weighted by Gasteiger charge is 2.24. The van der Waals surface area contributed by atoms with Crippen molar-refractivity contribution in [3.05, 3.63) is 150 Å². The zero-order valence-corrected chi connectivity index (χ0v) is 33.5. The molecule has 8 rings (SSSR count). The molecule has 0 aliphatic rings. The fourth-order valence-electron chi connectivity index (χ4n) is 6.89. The van der Waals surface area contributed by atoms with Gasteiger partial charge in [-0.2, -0.15) is 0 Å². The molecule has 0 aliphatic carbocycles. The molecule has 0 spiro atoms. The van der Waals surface area contributed by atoms with Gasteiger partial charge in [0.05, 0.1) is 11.0 Å². The van der Waals surface area contributed by atoms with Gasteiger partial charge in [-0.15, -0.1) is 0 Å². The Morgan fingerprint density at radius 3 is 1.28 bits per heavy atom. The van der Waals surface area contributed by atoms with Crippen molar-refractivity contribution in [3.8, 4) is 52.2 Å². The smallest absolute Gasteiger partial charge is 0.234 e. The summed E-state index contributed by atoms with van der Waals surface area (Å²) >= 11 is 0. The van der Waals surface area contributed by atoms with E-state index in [9.17, 15) is 0 Å². The first-order valence-electron chi connectivity index (χ1n) is 19.0. The molecule has 9 heteroatoms. The summed E-state index contributed by atoms with van der Waals surface area (Å²) in [5.41, 5.74) is 5.60. The minimum atomic E-state index is -0.196. The average molecular weight is 756 g/mol. The van der Waals surface area contributed by atoms with Crippen molar-refractivity contribution in [3.63, 3.8) is 0 Å². The zero-order chi connectivity index (χ0) is 39.9. The van der Waals surface area contributed by atoms with Crippen molar-refractivity contribution in [2.45, 2.75) is 66.2 Å². The average Bonchev–Trinajstić information content (AvgIpc) is 3.47. The highest BCUT2D eigenvalue weighted by molar-refractivity contribution is 6.09. The molecule has 0 atom stereocenters. The number of hydrogen-bond acceptors (Lipinski definition) is 8. The topological polar surface area (TPSA) is 93.4 Å². The molecular weight excluding hydrogens is 711 g/mol. The van der Waals surface area contributed by atoms with Crippen molar-refractivity contribution < 1.29 is 18.9 Å². The molecule has 0 amide bonds. The number of hydrogen-bond donors (Lipinski definition) is 0. The molecule has 0 fully saturated rings. The van der Waals surface area contributed by atoms with Crippen LogP contribution < -0.4 is 18.9 Å². The summed E-state index contributed by atoms with van der Waals surface area (Å²) in [4.78, 5) is 18.1. The van der Waals surface area contributed by atoms with E-state index < -0.39 is 0 Å². The molecule has 0 radical (unpaired) electrons. The minimum Gasteiger partial charge on any atom is -0.457 e. The molecule has 0 N–H and O–H groups in total. The first-order chi connectivity index (χ1) is 27.3. The predicted octanol–water partition coefficient (Wildman–Crippen LogP) is 12.7. The van der Waals surface area contributed by atoms with Crippen LogP contribution in [0.4, 0.5) is 0 Å². The van der Waals surface area contributed by atoms with Gasteiger partial charge >= 0.3 is 0 Å². The van der Waals surface area contributed by atoms with Gasteiger partial charge in [0.25, 0.3) is 0 Å². The van der Waals surface area contributed by atoms with Crippen molar-refractivity contribution in [1.82, 2.24) is 24.5 Å². The number of ether oxygens (including phenoxy) is 4. The molecular formula is C48H45N5O4. The summed E-state index contributed by atoms with van der Waals surface area (Å²) < 4.78 is 27.9. The Hall–Kier alpha value is -6.74. The molecule has 57 heavy (non-hydrogen) atoms. The van der Waals surface area contributed by atoms with Crippen LogP contribution in [0.25, 0.3) is 27.8 Å². The molecule has 0 saturated carbocycles. The van der Waals surface area contributed by atoms with Crippen molar-refractivity contribution in [2.75, 3.05) is 0 Å². The summed E-state index contributed by atoms with van der Waals surface area (Å²) in [6.07, 6.45) is 6.98. The van der Waals surface area contributed by atoms with E-state index in [1.165, 1.54) is 0 Å². The number of rotatable bonds is 9. The Morgan fingerprint density at radius 1 is 0.439 bits per heavy atom. The van der Waals surface area contributed by atoms with Gasteiger partial charge in [-0.25, -0.2) is 19.9 Å². The normalized spacial score (nSPS) is 11.9. The maximum atomic E-state index is 6.75. The Kier molecular flexibility index (Phi) is 9.61. The van der Waals surface area contributed by atoms with Crippen LogP contribution in [-0.2, 0) is 10.8 Å². The maximum absolute atomic E-state index is 6.75. The van der Waals surface area contributed by atoms with Crippen molar-refractivity contribution >= 4 is 21.8 Å². The summed E-state index contributed by atoms with van der Waals surface area (Å²) in [5.74, 6) is 5.55. The number of aromatic nitrogens is 5. The van der Waals surface area contributed by atoms with Crippen LogP contribution in [0.1, 0.15) is 63.8 Å². The first kappa shape index (κ1) is 37.2. The van der Waals surface area contributed by atoms with Crippen LogP contribution in [-0.4, -0.2) is 24.5 Å². The number of nitrogens with zero attached hydrogens (tertiary/aromatic N) is 5. The summed E-state index contributed by atoms with van der Waals surface area (Å²) in [5, 5.41) is 2.04. The second-order valence-corrected chi connectivity index (χ2v) is 16.3. The lowest BCUT2D eigenvalue weighted by molar-refractivity contribution is 0.435. The van der Waals surface area contributed by atoms with Crippen molar-refractivity contribution in [1.29, 1.82) is 0 Å². The Morgan fingerprint density at radius 2 is 0.860 bits per heavy atom. The van der Waals surface area contributed by atoms with Gasteiger partial charge < -0.3 is 18.9 Å². The van der Waals surface area contributed by atoms with Crippen LogP contribution in [0.15, 0.2) is 128 Å². The van der Waals surface area contributed by atoms with Gasteiger partial charge in [0.15, 0.2) is 0 Å². The van der Waals surface area contributed by atoms with Gasteiger partial charge in [-0.3, -0.25) is 4.57 Å². The third kappa shape index (κ3) is 8.00. The van der Waals surface area contributed by atoms with E-state index in [1.807, 2.05) is 97.3 Å². The number of benzene rings is 4. The molecule has 0 bridgehead atoms.